The van der Waals surface area contributed by atoms with Gasteiger partial charge in [-0.3, -0.25) is 4.79 Å². The number of nitrogens with zero attached hydrogens (tertiary/aromatic N) is 1. The summed E-state index contributed by atoms with van der Waals surface area (Å²) in [6.07, 6.45) is 6.60. The van der Waals surface area contributed by atoms with Gasteiger partial charge in [0.25, 0.3) is 5.56 Å². The van der Waals surface area contributed by atoms with Gasteiger partial charge in [-0.15, -0.1) is 0 Å². The fraction of sp³-hybridized carbons (Fsp3) is 0.692. The Balaban J connectivity index is 1.99. The summed E-state index contributed by atoms with van der Waals surface area (Å²) in [5.41, 5.74) is 2.03. The molecule has 2 heterocycles. The highest BCUT2D eigenvalue weighted by Crippen LogP contribution is 2.31. The molecule has 17 heavy (non-hydrogen) atoms. The van der Waals surface area contributed by atoms with E-state index in [1.807, 2.05) is 0 Å². The van der Waals surface area contributed by atoms with Crippen molar-refractivity contribution in [2.75, 3.05) is 13.1 Å². The van der Waals surface area contributed by atoms with E-state index in [4.69, 9.17) is 4.98 Å². The zero-order valence-electron chi connectivity index (χ0n) is 10.1. The maximum Gasteiger partial charge on any atom is 0.254 e. The molecule has 1 aromatic rings. The molecule has 0 atom stereocenters. The normalized spacial score (nSPS) is 21.2. The summed E-state index contributed by atoms with van der Waals surface area (Å²) in [6, 6.07) is 0. The lowest BCUT2D eigenvalue weighted by Gasteiger charge is -2.11. The summed E-state index contributed by atoms with van der Waals surface area (Å²) in [4.78, 5) is 19.8. The Morgan fingerprint density at radius 3 is 2.71 bits per heavy atom. The molecule has 1 saturated carbocycles. The number of rotatable bonds is 1. The van der Waals surface area contributed by atoms with Gasteiger partial charge in [0.1, 0.15) is 5.82 Å². The molecule has 1 aliphatic heterocycles. The number of hydrogen-bond acceptors (Lipinski definition) is 3. The molecule has 4 heteroatoms. The number of aromatic nitrogens is 2. The average molecular weight is 233 g/mol. The second-order valence-corrected chi connectivity index (χ2v) is 5.11. The van der Waals surface area contributed by atoms with Gasteiger partial charge in [0.2, 0.25) is 0 Å². The lowest BCUT2D eigenvalue weighted by atomic mass is 10.1. The van der Waals surface area contributed by atoms with Crippen molar-refractivity contribution in [2.45, 2.75) is 44.4 Å². The van der Waals surface area contributed by atoms with Gasteiger partial charge in [-0.25, -0.2) is 4.98 Å². The molecule has 92 valence electrons. The van der Waals surface area contributed by atoms with Crippen LogP contribution in [0.3, 0.4) is 0 Å². The van der Waals surface area contributed by atoms with Crippen LogP contribution in [0.1, 0.15) is 48.7 Å². The van der Waals surface area contributed by atoms with Gasteiger partial charge in [0.05, 0.1) is 5.69 Å². The summed E-state index contributed by atoms with van der Waals surface area (Å²) in [5.74, 6) is 1.43. The van der Waals surface area contributed by atoms with E-state index in [9.17, 15) is 4.79 Å². The molecule has 0 aromatic carbocycles. The monoisotopic (exact) mass is 233 g/mol. The smallest absolute Gasteiger partial charge is 0.254 e. The fourth-order valence-electron chi connectivity index (χ4n) is 2.97. The van der Waals surface area contributed by atoms with Crippen molar-refractivity contribution in [1.82, 2.24) is 15.3 Å². The van der Waals surface area contributed by atoms with Crippen LogP contribution >= 0.6 is 0 Å². The van der Waals surface area contributed by atoms with Crippen LogP contribution < -0.4 is 10.9 Å². The molecular formula is C13H19N3O. The first-order valence-electron chi connectivity index (χ1n) is 6.67. The van der Waals surface area contributed by atoms with Crippen molar-refractivity contribution in [2.24, 2.45) is 0 Å². The number of aromatic amines is 1. The number of fused-ring (bicyclic) bond motifs is 1. The van der Waals surface area contributed by atoms with Gasteiger partial charge in [0, 0.05) is 24.4 Å². The number of H-pyrrole nitrogens is 1. The Bertz CT molecular complexity index is 460. The first-order chi connectivity index (χ1) is 8.34. The van der Waals surface area contributed by atoms with E-state index in [1.165, 1.54) is 25.7 Å². The van der Waals surface area contributed by atoms with Crippen molar-refractivity contribution in [3.8, 4) is 0 Å². The van der Waals surface area contributed by atoms with Gasteiger partial charge in [-0.2, -0.15) is 0 Å². The first-order valence-corrected chi connectivity index (χ1v) is 6.67. The third-order valence-corrected chi connectivity index (χ3v) is 3.95. The predicted octanol–water partition coefficient (Wildman–Crippen LogP) is 1.12. The third-order valence-electron chi connectivity index (χ3n) is 3.95. The Morgan fingerprint density at radius 2 is 1.88 bits per heavy atom. The predicted molar refractivity (Wildman–Crippen MR) is 66.3 cm³/mol. The molecule has 0 unspecified atom stereocenters. The molecule has 0 amide bonds. The van der Waals surface area contributed by atoms with Gasteiger partial charge in [-0.1, -0.05) is 12.8 Å². The molecule has 4 nitrogen and oxygen atoms in total. The van der Waals surface area contributed by atoms with Crippen LogP contribution in [0.4, 0.5) is 0 Å². The van der Waals surface area contributed by atoms with E-state index in [-0.39, 0.29) is 5.56 Å². The van der Waals surface area contributed by atoms with Crippen LogP contribution in [-0.4, -0.2) is 23.1 Å². The molecule has 2 N–H and O–H groups in total. The second-order valence-electron chi connectivity index (χ2n) is 5.11. The van der Waals surface area contributed by atoms with E-state index in [0.717, 1.165) is 43.0 Å². The van der Waals surface area contributed by atoms with Crippen LogP contribution in [-0.2, 0) is 12.8 Å². The molecule has 0 saturated heterocycles. The molecule has 0 spiro atoms. The van der Waals surface area contributed by atoms with Crippen molar-refractivity contribution >= 4 is 0 Å². The Labute approximate surface area is 101 Å². The highest BCUT2D eigenvalue weighted by atomic mass is 16.1. The Hall–Kier alpha value is -1.16. The highest BCUT2D eigenvalue weighted by Gasteiger charge is 2.22. The SMILES string of the molecule is O=c1[nH]c(C2CCCC2)nc2c1CCNCC2. The van der Waals surface area contributed by atoms with Crippen molar-refractivity contribution in [3.05, 3.63) is 27.4 Å². The molecule has 0 bridgehead atoms. The Kier molecular flexibility index (Phi) is 2.97. The van der Waals surface area contributed by atoms with Crippen LogP contribution in [0.25, 0.3) is 0 Å². The fourth-order valence-corrected chi connectivity index (χ4v) is 2.97. The molecule has 1 aromatic heterocycles. The van der Waals surface area contributed by atoms with Gasteiger partial charge >= 0.3 is 0 Å². The van der Waals surface area contributed by atoms with E-state index in [1.54, 1.807) is 0 Å². The maximum atomic E-state index is 12.1. The summed E-state index contributed by atoms with van der Waals surface area (Å²) in [7, 11) is 0. The topological polar surface area (TPSA) is 57.8 Å². The first kappa shape index (κ1) is 11.0. The summed E-state index contributed by atoms with van der Waals surface area (Å²) >= 11 is 0. The molecule has 3 rings (SSSR count). The maximum absolute atomic E-state index is 12.1. The van der Waals surface area contributed by atoms with Crippen LogP contribution in [0.5, 0.6) is 0 Å². The zero-order valence-corrected chi connectivity index (χ0v) is 10.1. The molecule has 0 radical (unpaired) electrons. The second kappa shape index (κ2) is 4.61. The summed E-state index contributed by atoms with van der Waals surface area (Å²) in [5, 5.41) is 3.32. The minimum Gasteiger partial charge on any atom is -0.316 e. The van der Waals surface area contributed by atoms with Crippen molar-refractivity contribution < 1.29 is 0 Å². The highest BCUT2D eigenvalue weighted by molar-refractivity contribution is 5.21. The minimum atomic E-state index is 0.0978. The standard InChI is InChI=1S/C13H19N3O/c17-13-10-5-7-14-8-6-11(10)15-12(16-13)9-3-1-2-4-9/h9,14H,1-8H2,(H,15,16,17). The molecule has 1 fully saturated rings. The van der Waals surface area contributed by atoms with E-state index in [0.29, 0.717) is 5.92 Å². The number of hydrogen-bond donors (Lipinski definition) is 2. The van der Waals surface area contributed by atoms with E-state index < -0.39 is 0 Å². The average Bonchev–Trinajstić information content (AvgIpc) is 2.75. The van der Waals surface area contributed by atoms with Crippen molar-refractivity contribution in [1.29, 1.82) is 0 Å². The van der Waals surface area contributed by atoms with Crippen LogP contribution in [0.2, 0.25) is 0 Å². The van der Waals surface area contributed by atoms with Gasteiger partial charge in [-0.05, 0) is 25.8 Å². The molecule has 2 aliphatic rings. The largest absolute Gasteiger partial charge is 0.316 e. The van der Waals surface area contributed by atoms with Gasteiger partial charge in [0.15, 0.2) is 0 Å². The zero-order chi connectivity index (χ0) is 11.7. The minimum absolute atomic E-state index is 0.0978. The van der Waals surface area contributed by atoms with Crippen LogP contribution in [0, 0.1) is 0 Å². The summed E-state index contributed by atoms with van der Waals surface area (Å²) in [6.45, 7) is 1.83. The van der Waals surface area contributed by atoms with E-state index in [2.05, 4.69) is 10.3 Å². The molecular weight excluding hydrogens is 214 g/mol. The molecule has 1 aliphatic carbocycles. The third kappa shape index (κ3) is 2.14. The quantitative estimate of drug-likeness (QED) is 0.764. The summed E-state index contributed by atoms with van der Waals surface area (Å²) < 4.78 is 0. The van der Waals surface area contributed by atoms with Crippen LogP contribution in [0.15, 0.2) is 4.79 Å². The van der Waals surface area contributed by atoms with E-state index >= 15 is 0 Å². The lowest BCUT2D eigenvalue weighted by molar-refractivity contribution is 0.652. The lowest BCUT2D eigenvalue weighted by Crippen LogP contribution is -2.21. The van der Waals surface area contributed by atoms with Gasteiger partial charge < -0.3 is 10.3 Å². The van der Waals surface area contributed by atoms with Crippen molar-refractivity contribution in [3.63, 3.8) is 0 Å². The Morgan fingerprint density at radius 1 is 1.12 bits per heavy atom. The number of nitrogens with one attached hydrogen (secondary N) is 2.